The van der Waals surface area contributed by atoms with E-state index in [0.717, 1.165) is 22.8 Å². The summed E-state index contributed by atoms with van der Waals surface area (Å²) in [5, 5.41) is 3.74. The summed E-state index contributed by atoms with van der Waals surface area (Å²) in [6, 6.07) is 15.8. The quantitative estimate of drug-likeness (QED) is 0.782. The van der Waals surface area contributed by atoms with Gasteiger partial charge in [-0.15, -0.1) is 11.3 Å². The van der Waals surface area contributed by atoms with Gasteiger partial charge >= 0.3 is 0 Å². The third-order valence-electron chi connectivity index (χ3n) is 3.43. The Hall–Kier alpha value is -2.53. The van der Waals surface area contributed by atoms with Crippen molar-refractivity contribution >= 4 is 17.2 Å². The van der Waals surface area contributed by atoms with Crippen molar-refractivity contribution in [2.45, 2.75) is 13.3 Å². The minimum Gasteiger partial charge on any atom is -0.351 e. The predicted molar refractivity (Wildman–Crippen MR) is 92.6 cm³/mol. The summed E-state index contributed by atoms with van der Waals surface area (Å²) in [6.45, 7) is 2.47. The van der Waals surface area contributed by atoms with Crippen LogP contribution in [0.25, 0.3) is 10.7 Å². The Morgan fingerprint density at radius 3 is 2.65 bits per heavy atom. The molecule has 3 aromatic rings. The average Bonchev–Trinajstić information content (AvgIpc) is 2.98. The number of aromatic nitrogens is 2. The van der Waals surface area contributed by atoms with Crippen LogP contribution >= 0.6 is 11.3 Å². The molecule has 0 bridgehead atoms. The number of hydrogen-bond donors (Lipinski definition) is 1. The van der Waals surface area contributed by atoms with Crippen molar-refractivity contribution in [1.29, 1.82) is 0 Å². The minimum absolute atomic E-state index is 0.0712. The van der Waals surface area contributed by atoms with E-state index in [1.54, 1.807) is 6.20 Å². The monoisotopic (exact) mass is 323 g/mol. The second-order valence-electron chi connectivity index (χ2n) is 5.14. The highest BCUT2D eigenvalue weighted by atomic mass is 32.1. The lowest BCUT2D eigenvalue weighted by Crippen LogP contribution is -2.25. The number of nitrogens with zero attached hydrogens (tertiary/aromatic N) is 2. The van der Waals surface area contributed by atoms with Gasteiger partial charge < -0.3 is 5.32 Å². The highest BCUT2D eigenvalue weighted by molar-refractivity contribution is 7.17. The van der Waals surface area contributed by atoms with Gasteiger partial charge in [-0.2, -0.15) is 0 Å². The van der Waals surface area contributed by atoms with E-state index >= 15 is 0 Å². The van der Waals surface area contributed by atoms with E-state index in [1.165, 1.54) is 16.9 Å². The van der Waals surface area contributed by atoms with Crippen molar-refractivity contribution in [3.8, 4) is 10.7 Å². The Bertz CT molecular complexity index is 785. The number of carbonyl (C=O) groups is 1. The van der Waals surface area contributed by atoms with Crippen LogP contribution < -0.4 is 5.32 Å². The zero-order valence-corrected chi connectivity index (χ0v) is 13.6. The van der Waals surface area contributed by atoms with Gasteiger partial charge in [-0.1, -0.05) is 36.4 Å². The topological polar surface area (TPSA) is 54.9 Å². The van der Waals surface area contributed by atoms with Crippen LogP contribution in [-0.4, -0.2) is 22.4 Å². The molecule has 0 saturated heterocycles. The molecule has 1 amide bonds. The second-order valence-corrected chi connectivity index (χ2v) is 6.14. The van der Waals surface area contributed by atoms with E-state index in [0.29, 0.717) is 11.4 Å². The largest absolute Gasteiger partial charge is 0.351 e. The van der Waals surface area contributed by atoms with E-state index in [2.05, 4.69) is 27.4 Å². The molecule has 1 aromatic carbocycles. The molecule has 0 fully saturated rings. The Morgan fingerprint density at radius 2 is 1.91 bits per heavy atom. The molecule has 0 aliphatic rings. The first-order valence-electron chi connectivity index (χ1n) is 7.45. The summed E-state index contributed by atoms with van der Waals surface area (Å²) in [5.74, 6) is -0.0712. The highest BCUT2D eigenvalue weighted by Crippen LogP contribution is 2.26. The summed E-state index contributed by atoms with van der Waals surface area (Å²) >= 11 is 1.38. The van der Waals surface area contributed by atoms with Crippen LogP contribution in [-0.2, 0) is 6.42 Å². The Balaban J connectivity index is 1.65. The Morgan fingerprint density at radius 1 is 1.13 bits per heavy atom. The molecular weight excluding hydrogens is 306 g/mol. The van der Waals surface area contributed by atoms with Gasteiger partial charge in [-0.05, 0) is 31.0 Å². The van der Waals surface area contributed by atoms with Crippen LogP contribution in [0.2, 0.25) is 0 Å². The molecule has 0 unspecified atom stereocenters. The number of benzene rings is 1. The van der Waals surface area contributed by atoms with E-state index in [9.17, 15) is 4.79 Å². The zero-order valence-electron chi connectivity index (χ0n) is 12.8. The van der Waals surface area contributed by atoms with Gasteiger partial charge in [0, 0.05) is 12.7 Å². The van der Waals surface area contributed by atoms with E-state index in [4.69, 9.17) is 0 Å². The molecular formula is C18H17N3OS. The number of amides is 1. The molecule has 2 heterocycles. The van der Waals surface area contributed by atoms with Crippen LogP contribution in [0.15, 0.2) is 54.7 Å². The fraction of sp³-hybridized carbons (Fsp3) is 0.167. The molecule has 116 valence electrons. The first-order valence-corrected chi connectivity index (χ1v) is 8.26. The van der Waals surface area contributed by atoms with Crippen LogP contribution in [0, 0.1) is 6.92 Å². The van der Waals surface area contributed by atoms with Crippen LogP contribution in [0.1, 0.15) is 20.9 Å². The number of aryl methyl sites for hydroxylation is 1. The number of pyridine rings is 1. The maximum Gasteiger partial charge on any atom is 0.263 e. The van der Waals surface area contributed by atoms with Gasteiger partial charge in [-0.3, -0.25) is 9.78 Å². The van der Waals surface area contributed by atoms with Gasteiger partial charge in [-0.25, -0.2) is 4.98 Å². The zero-order chi connectivity index (χ0) is 16.1. The smallest absolute Gasteiger partial charge is 0.263 e. The molecule has 0 atom stereocenters. The first kappa shape index (κ1) is 15.4. The maximum atomic E-state index is 12.3. The van der Waals surface area contributed by atoms with Crippen molar-refractivity contribution < 1.29 is 4.79 Å². The lowest BCUT2D eigenvalue weighted by Gasteiger charge is -2.04. The van der Waals surface area contributed by atoms with Gasteiger partial charge in [0.1, 0.15) is 9.88 Å². The van der Waals surface area contributed by atoms with Crippen molar-refractivity contribution in [3.05, 3.63) is 70.9 Å². The SMILES string of the molecule is Cc1nc(-c2ccccn2)sc1C(=O)NCCc1ccccc1. The third-order valence-corrected chi connectivity index (χ3v) is 4.61. The summed E-state index contributed by atoms with van der Waals surface area (Å²) in [6.07, 6.45) is 2.54. The van der Waals surface area contributed by atoms with Crippen molar-refractivity contribution in [2.75, 3.05) is 6.54 Å². The summed E-state index contributed by atoms with van der Waals surface area (Å²) in [5.41, 5.74) is 2.75. The van der Waals surface area contributed by atoms with Gasteiger partial charge in [0.2, 0.25) is 0 Å². The van der Waals surface area contributed by atoms with Crippen LogP contribution in [0.5, 0.6) is 0 Å². The van der Waals surface area contributed by atoms with Gasteiger partial charge in [0.25, 0.3) is 5.91 Å². The number of rotatable bonds is 5. The van der Waals surface area contributed by atoms with Gasteiger partial charge in [0.05, 0.1) is 11.4 Å². The normalized spacial score (nSPS) is 10.5. The minimum atomic E-state index is -0.0712. The van der Waals surface area contributed by atoms with Crippen LogP contribution in [0.4, 0.5) is 0 Å². The molecule has 23 heavy (non-hydrogen) atoms. The molecule has 0 radical (unpaired) electrons. The van der Waals surface area contributed by atoms with Gasteiger partial charge in [0.15, 0.2) is 0 Å². The predicted octanol–water partition coefficient (Wildman–Crippen LogP) is 3.49. The molecule has 3 rings (SSSR count). The Kier molecular flexibility index (Phi) is 4.78. The molecule has 2 aromatic heterocycles. The highest BCUT2D eigenvalue weighted by Gasteiger charge is 2.16. The molecule has 1 N–H and O–H groups in total. The van der Waals surface area contributed by atoms with E-state index < -0.39 is 0 Å². The summed E-state index contributed by atoms with van der Waals surface area (Å²) in [7, 11) is 0. The van der Waals surface area contributed by atoms with Crippen molar-refractivity contribution in [1.82, 2.24) is 15.3 Å². The maximum absolute atomic E-state index is 12.3. The number of nitrogens with one attached hydrogen (secondary N) is 1. The summed E-state index contributed by atoms with van der Waals surface area (Å²) in [4.78, 5) is 21.7. The lowest BCUT2D eigenvalue weighted by atomic mass is 10.1. The molecule has 4 nitrogen and oxygen atoms in total. The number of thiazole rings is 1. The summed E-state index contributed by atoms with van der Waals surface area (Å²) < 4.78 is 0. The third kappa shape index (κ3) is 3.81. The number of carbonyl (C=O) groups excluding carboxylic acids is 1. The lowest BCUT2D eigenvalue weighted by molar-refractivity contribution is 0.0957. The first-order chi connectivity index (χ1) is 11.2. The van der Waals surface area contributed by atoms with Crippen molar-refractivity contribution in [2.24, 2.45) is 0 Å². The van der Waals surface area contributed by atoms with Crippen molar-refractivity contribution in [3.63, 3.8) is 0 Å². The molecule has 5 heteroatoms. The molecule has 0 saturated carbocycles. The average molecular weight is 323 g/mol. The fourth-order valence-corrected chi connectivity index (χ4v) is 3.21. The Labute approximate surface area is 139 Å². The molecule has 0 aliphatic heterocycles. The second kappa shape index (κ2) is 7.15. The standard InChI is InChI=1S/C18H17N3OS/c1-13-16(23-18(21-13)15-9-5-6-11-19-15)17(22)20-12-10-14-7-3-2-4-8-14/h2-9,11H,10,12H2,1H3,(H,20,22). The number of hydrogen-bond acceptors (Lipinski definition) is 4. The van der Waals surface area contributed by atoms with Crippen LogP contribution in [0.3, 0.4) is 0 Å². The fourth-order valence-electron chi connectivity index (χ4n) is 2.25. The van der Waals surface area contributed by atoms with E-state index in [-0.39, 0.29) is 5.91 Å². The molecule has 0 spiro atoms. The molecule has 0 aliphatic carbocycles. The van der Waals surface area contributed by atoms with E-state index in [1.807, 2.05) is 43.3 Å².